The van der Waals surface area contributed by atoms with E-state index in [1.165, 1.54) is 12.1 Å². The molecule has 0 bridgehead atoms. The number of hydrogen-bond acceptors (Lipinski definition) is 14. The zero-order valence-corrected chi connectivity index (χ0v) is 31.3. The van der Waals surface area contributed by atoms with Crippen LogP contribution in [0.1, 0.15) is 45.1 Å². The van der Waals surface area contributed by atoms with Crippen molar-refractivity contribution in [2.24, 2.45) is 5.92 Å². The van der Waals surface area contributed by atoms with Crippen molar-refractivity contribution in [3.63, 3.8) is 0 Å². The monoisotopic (exact) mass is 738 g/mol. The first-order valence-electron chi connectivity index (χ1n) is 17.7. The first-order valence-corrected chi connectivity index (χ1v) is 19.1. The van der Waals surface area contributed by atoms with Gasteiger partial charge in [-0.15, -0.1) is 0 Å². The van der Waals surface area contributed by atoms with Crippen LogP contribution in [0, 0.1) is 12.8 Å². The number of rotatable bonds is 37. The van der Waals surface area contributed by atoms with Gasteiger partial charge in [0.05, 0.1) is 136 Å². The quantitative estimate of drug-likeness (QED) is 0.0555. The molecule has 0 aliphatic rings. The topological polar surface area (TPSA) is 153 Å². The second-order valence-electron chi connectivity index (χ2n) is 11.0. The van der Waals surface area contributed by atoms with Gasteiger partial charge in [0.15, 0.2) is 0 Å². The smallest absolute Gasteiger partial charge is 0.308 e. The van der Waals surface area contributed by atoms with Crippen LogP contribution in [-0.2, 0) is 66.5 Å². The molecule has 1 aromatic rings. The SMILES string of the molecule is CCCCC(CC)C(=O)OCCOCCOCCOCCOCCOCCOCCOCCOCCOCCOS(=O)(=O)c1ccc(C)cc1. The summed E-state index contributed by atoms with van der Waals surface area (Å²) in [4.78, 5) is 12.1. The molecular weight excluding hydrogens is 676 g/mol. The largest absolute Gasteiger partial charge is 0.463 e. The number of carbonyl (C=O) groups is 1. The fourth-order valence-electron chi connectivity index (χ4n) is 4.10. The summed E-state index contributed by atoms with van der Waals surface area (Å²) in [6.07, 6.45) is 3.81. The first-order chi connectivity index (χ1) is 24.4. The van der Waals surface area contributed by atoms with Crippen LogP contribution in [0.3, 0.4) is 0 Å². The van der Waals surface area contributed by atoms with Gasteiger partial charge in [0.25, 0.3) is 10.1 Å². The van der Waals surface area contributed by atoms with Gasteiger partial charge in [-0.2, -0.15) is 8.42 Å². The molecule has 1 atom stereocenters. The average molecular weight is 739 g/mol. The third-order valence-electron chi connectivity index (χ3n) is 6.96. The van der Waals surface area contributed by atoms with Gasteiger partial charge in [-0.25, -0.2) is 0 Å². The number of unbranched alkanes of at least 4 members (excludes halogenated alkanes) is 1. The third-order valence-corrected chi connectivity index (χ3v) is 8.28. The summed E-state index contributed by atoms with van der Waals surface area (Å²) in [5, 5.41) is 0. The van der Waals surface area contributed by atoms with Gasteiger partial charge in [0.2, 0.25) is 0 Å². The predicted octanol–water partition coefficient (Wildman–Crippen LogP) is 3.61. The molecule has 0 amide bonds. The number of esters is 1. The zero-order chi connectivity index (χ0) is 36.4. The van der Waals surface area contributed by atoms with Crippen LogP contribution in [0.25, 0.3) is 0 Å². The van der Waals surface area contributed by atoms with Gasteiger partial charge >= 0.3 is 5.97 Å². The lowest BCUT2D eigenvalue weighted by Gasteiger charge is -2.13. The van der Waals surface area contributed by atoms with Crippen LogP contribution >= 0.6 is 0 Å². The van der Waals surface area contributed by atoms with Crippen molar-refractivity contribution in [3.05, 3.63) is 29.8 Å². The van der Waals surface area contributed by atoms with Crippen LogP contribution in [0.15, 0.2) is 29.2 Å². The Morgan fingerprint density at radius 1 is 0.540 bits per heavy atom. The van der Waals surface area contributed by atoms with Crippen molar-refractivity contribution in [3.8, 4) is 0 Å². The molecule has 0 fully saturated rings. The zero-order valence-electron chi connectivity index (χ0n) is 30.5. The maximum absolute atomic E-state index is 12.1. The van der Waals surface area contributed by atoms with E-state index >= 15 is 0 Å². The average Bonchev–Trinajstić information content (AvgIpc) is 3.11. The Balaban J connectivity index is 1.71. The maximum atomic E-state index is 12.1. The van der Waals surface area contributed by atoms with E-state index in [1.54, 1.807) is 12.1 Å². The van der Waals surface area contributed by atoms with Gasteiger partial charge < -0.3 is 47.4 Å². The van der Waals surface area contributed by atoms with Gasteiger partial charge in [-0.05, 0) is 31.9 Å². The molecule has 0 spiro atoms. The van der Waals surface area contributed by atoms with Crippen LogP contribution in [-0.4, -0.2) is 147 Å². The molecule has 1 unspecified atom stereocenters. The second-order valence-corrected chi connectivity index (χ2v) is 12.6. The Morgan fingerprint density at radius 3 is 1.22 bits per heavy atom. The number of aryl methyl sites for hydroxylation is 1. The van der Waals surface area contributed by atoms with Crippen molar-refractivity contribution >= 4 is 16.1 Å². The molecule has 14 nitrogen and oxygen atoms in total. The van der Waals surface area contributed by atoms with Crippen LogP contribution in [0.2, 0.25) is 0 Å². The minimum Gasteiger partial charge on any atom is -0.463 e. The molecule has 292 valence electrons. The second kappa shape index (κ2) is 33.1. The molecule has 0 saturated heterocycles. The third kappa shape index (κ3) is 27.0. The number of carbonyl (C=O) groups excluding carboxylic acids is 1. The highest BCUT2D eigenvalue weighted by molar-refractivity contribution is 7.86. The molecule has 0 aliphatic heterocycles. The summed E-state index contributed by atoms with van der Waals surface area (Å²) in [6.45, 7) is 13.8. The van der Waals surface area contributed by atoms with Crippen LogP contribution < -0.4 is 0 Å². The van der Waals surface area contributed by atoms with Crippen molar-refractivity contribution in [1.29, 1.82) is 0 Å². The highest BCUT2D eigenvalue weighted by Crippen LogP contribution is 2.14. The molecule has 0 aliphatic carbocycles. The Kier molecular flexibility index (Phi) is 30.6. The molecule has 15 heteroatoms. The molecular formula is C35H62O14S. The normalized spacial score (nSPS) is 12.4. The first kappa shape index (κ1) is 46.3. The summed E-state index contributed by atoms with van der Waals surface area (Å²) in [6, 6.07) is 6.47. The Morgan fingerprint density at radius 2 is 0.880 bits per heavy atom. The minimum atomic E-state index is -3.78. The van der Waals surface area contributed by atoms with Crippen LogP contribution in [0.5, 0.6) is 0 Å². The van der Waals surface area contributed by atoms with E-state index in [0.717, 1.165) is 31.2 Å². The highest BCUT2D eigenvalue weighted by Gasteiger charge is 2.17. The number of benzene rings is 1. The van der Waals surface area contributed by atoms with E-state index in [4.69, 9.17) is 51.6 Å². The molecule has 0 saturated carbocycles. The fourth-order valence-corrected chi connectivity index (χ4v) is 4.99. The van der Waals surface area contributed by atoms with Gasteiger partial charge in [-0.3, -0.25) is 8.98 Å². The van der Waals surface area contributed by atoms with E-state index in [9.17, 15) is 13.2 Å². The van der Waals surface area contributed by atoms with Crippen molar-refractivity contribution < 1.29 is 64.8 Å². The van der Waals surface area contributed by atoms with Crippen LogP contribution in [0.4, 0.5) is 0 Å². The molecule has 1 aromatic carbocycles. The molecule has 50 heavy (non-hydrogen) atoms. The highest BCUT2D eigenvalue weighted by atomic mass is 32.2. The summed E-state index contributed by atoms with van der Waals surface area (Å²) >= 11 is 0. The standard InChI is InChI=1S/C35H62O14S/c1-4-6-7-33(5-2)35(36)48-30-28-46-26-24-44-22-20-42-18-16-40-14-12-39-13-15-41-17-19-43-21-23-45-25-27-47-29-31-49-50(37,38)34-10-8-32(3)9-11-34/h8-11,33H,4-7,12-31H2,1-3H3. The lowest BCUT2D eigenvalue weighted by Crippen LogP contribution is -2.20. The van der Waals surface area contributed by atoms with E-state index in [0.29, 0.717) is 112 Å². The lowest BCUT2D eigenvalue weighted by molar-refractivity contribution is -0.150. The summed E-state index contributed by atoms with van der Waals surface area (Å²) in [7, 11) is -3.78. The molecule has 0 heterocycles. The van der Waals surface area contributed by atoms with Crippen molar-refractivity contribution in [1.82, 2.24) is 0 Å². The maximum Gasteiger partial charge on any atom is 0.308 e. The summed E-state index contributed by atoms with van der Waals surface area (Å²) in [5.41, 5.74) is 0.973. The lowest BCUT2D eigenvalue weighted by atomic mass is 10.00. The number of ether oxygens (including phenoxy) is 10. The molecule has 0 radical (unpaired) electrons. The predicted molar refractivity (Wildman–Crippen MR) is 186 cm³/mol. The van der Waals surface area contributed by atoms with Gasteiger partial charge in [-0.1, -0.05) is 44.4 Å². The molecule has 1 rings (SSSR count). The minimum absolute atomic E-state index is 0.0116. The summed E-state index contributed by atoms with van der Waals surface area (Å²) < 4.78 is 83.4. The van der Waals surface area contributed by atoms with E-state index in [1.807, 2.05) is 13.8 Å². The number of hydrogen-bond donors (Lipinski definition) is 0. The van der Waals surface area contributed by atoms with Crippen molar-refractivity contribution in [2.75, 3.05) is 132 Å². The van der Waals surface area contributed by atoms with Gasteiger partial charge in [0, 0.05) is 0 Å². The Bertz CT molecular complexity index is 1010. The van der Waals surface area contributed by atoms with E-state index < -0.39 is 10.1 Å². The molecule has 0 aromatic heterocycles. The fraction of sp³-hybridized carbons (Fsp3) is 0.800. The summed E-state index contributed by atoms with van der Waals surface area (Å²) in [5.74, 6) is -0.139. The van der Waals surface area contributed by atoms with Gasteiger partial charge in [0.1, 0.15) is 6.61 Å². The Labute approximate surface area is 299 Å². The van der Waals surface area contributed by atoms with E-state index in [-0.39, 0.29) is 36.6 Å². The Hall–Kier alpha value is -1.76. The van der Waals surface area contributed by atoms with Crippen molar-refractivity contribution in [2.45, 2.75) is 51.3 Å². The molecule has 0 N–H and O–H groups in total. The van der Waals surface area contributed by atoms with E-state index in [2.05, 4.69) is 6.92 Å².